The smallest absolute Gasteiger partial charge is 0.339 e. The van der Waals surface area contributed by atoms with Gasteiger partial charge in [0, 0.05) is 23.5 Å². The first kappa shape index (κ1) is 16.5. The Morgan fingerprint density at radius 1 is 1.29 bits per heavy atom. The van der Waals surface area contributed by atoms with Gasteiger partial charge in [-0.05, 0) is 37.2 Å². The number of nitrogens with one attached hydrogen (secondary N) is 1. The summed E-state index contributed by atoms with van der Waals surface area (Å²) in [7, 11) is 1.93. The third-order valence-electron chi connectivity index (χ3n) is 3.87. The molecule has 1 amide bonds. The topological polar surface area (TPSA) is 69.6 Å². The van der Waals surface area contributed by atoms with Crippen LogP contribution in [0.25, 0.3) is 0 Å². The van der Waals surface area contributed by atoms with Crippen LogP contribution in [-0.4, -0.2) is 35.5 Å². The van der Waals surface area contributed by atoms with Crippen molar-refractivity contribution in [2.45, 2.75) is 13.0 Å². The van der Waals surface area contributed by atoms with Crippen LogP contribution in [0.4, 0.5) is 13.8 Å². The minimum Gasteiger partial charge on any atom is -0.478 e. The number of anilines is 1. The molecule has 8 heteroatoms. The molecule has 0 spiro atoms. The number of likely N-dealkylation sites (N-methyl/N-ethyl adjacent to an activating group) is 1. The van der Waals surface area contributed by atoms with Gasteiger partial charge in [-0.25, -0.2) is 13.6 Å². The van der Waals surface area contributed by atoms with Gasteiger partial charge in [0.15, 0.2) is 11.6 Å². The summed E-state index contributed by atoms with van der Waals surface area (Å²) in [6.07, 6.45) is 0.588. The van der Waals surface area contributed by atoms with Crippen molar-refractivity contribution in [3.63, 3.8) is 0 Å². The number of carbonyl (C=O) groups excluding carboxylic acids is 1. The minimum absolute atomic E-state index is 0.0753. The van der Waals surface area contributed by atoms with Crippen molar-refractivity contribution in [1.29, 1.82) is 0 Å². The van der Waals surface area contributed by atoms with E-state index in [0.717, 1.165) is 35.2 Å². The minimum atomic E-state index is -1.13. The molecule has 0 atom stereocenters. The van der Waals surface area contributed by atoms with Crippen LogP contribution in [0.15, 0.2) is 18.2 Å². The van der Waals surface area contributed by atoms with Crippen LogP contribution in [0.1, 0.15) is 31.2 Å². The molecule has 0 radical (unpaired) electrons. The number of hydrogen-bond donors (Lipinski definition) is 2. The number of hydrogen-bond acceptors (Lipinski definition) is 4. The Balaban J connectivity index is 1.93. The Morgan fingerprint density at radius 3 is 2.71 bits per heavy atom. The molecule has 0 fully saturated rings. The zero-order valence-electron chi connectivity index (χ0n) is 12.7. The molecule has 1 aliphatic heterocycles. The maximum absolute atomic E-state index is 13.3. The van der Waals surface area contributed by atoms with Crippen LogP contribution < -0.4 is 5.32 Å². The molecule has 2 N–H and O–H groups in total. The van der Waals surface area contributed by atoms with Gasteiger partial charge < -0.3 is 15.3 Å². The number of thiophene rings is 1. The van der Waals surface area contributed by atoms with Gasteiger partial charge in [-0.3, -0.25) is 4.79 Å². The van der Waals surface area contributed by atoms with E-state index in [-0.39, 0.29) is 16.1 Å². The number of carboxylic acid groups (broad SMARTS) is 1. The lowest BCUT2D eigenvalue weighted by atomic mass is 10.0. The zero-order valence-corrected chi connectivity index (χ0v) is 13.5. The molecule has 1 aliphatic rings. The number of carbonyl (C=O) groups is 2. The fourth-order valence-corrected chi connectivity index (χ4v) is 3.97. The van der Waals surface area contributed by atoms with E-state index in [4.69, 9.17) is 0 Å². The summed E-state index contributed by atoms with van der Waals surface area (Å²) in [6.45, 7) is 1.35. The number of aromatic carboxylic acids is 1. The molecule has 0 aliphatic carbocycles. The van der Waals surface area contributed by atoms with Gasteiger partial charge in [-0.15, -0.1) is 11.3 Å². The zero-order chi connectivity index (χ0) is 17.4. The Kier molecular flexibility index (Phi) is 4.33. The monoisotopic (exact) mass is 352 g/mol. The first-order chi connectivity index (χ1) is 11.4. The fraction of sp³-hybridized carbons (Fsp3) is 0.250. The number of halogens is 2. The SMILES string of the molecule is CN1CCc2c(sc(NC(=O)c3ccc(F)c(F)c3)c2C(=O)O)C1. The van der Waals surface area contributed by atoms with Gasteiger partial charge in [-0.1, -0.05) is 0 Å². The van der Waals surface area contributed by atoms with E-state index in [1.807, 2.05) is 7.05 Å². The summed E-state index contributed by atoms with van der Waals surface area (Å²) in [4.78, 5) is 26.8. The van der Waals surface area contributed by atoms with Gasteiger partial charge in [0.25, 0.3) is 5.91 Å². The van der Waals surface area contributed by atoms with E-state index >= 15 is 0 Å². The quantitative estimate of drug-likeness (QED) is 0.891. The van der Waals surface area contributed by atoms with Crippen molar-refractivity contribution >= 4 is 28.2 Å². The third kappa shape index (κ3) is 3.02. The summed E-state index contributed by atoms with van der Waals surface area (Å²) in [5.41, 5.74) is 0.735. The van der Waals surface area contributed by atoms with Gasteiger partial charge in [-0.2, -0.15) is 0 Å². The van der Waals surface area contributed by atoms with Crippen LogP contribution in [-0.2, 0) is 13.0 Å². The lowest BCUT2D eigenvalue weighted by Gasteiger charge is -2.22. The number of fused-ring (bicyclic) bond motifs is 1. The first-order valence-electron chi connectivity index (χ1n) is 7.19. The second-order valence-corrected chi connectivity index (χ2v) is 6.69. The fourth-order valence-electron chi connectivity index (χ4n) is 2.66. The van der Waals surface area contributed by atoms with Crippen LogP contribution in [0.3, 0.4) is 0 Å². The molecule has 3 rings (SSSR count). The third-order valence-corrected chi connectivity index (χ3v) is 5.00. The molecule has 1 aromatic carbocycles. The number of benzene rings is 1. The lowest BCUT2D eigenvalue weighted by molar-refractivity contribution is 0.0696. The van der Waals surface area contributed by atoms with Gasteiger partial charge in [0.05, 0.1) is 5.56 Å². The van der Waals surface area contributed by atoms with Crippen molar-refractivity contribution in [2.24, 2.45) is 0 Å². The number of amides is 1. The summed E-state index contributed by atoms with van der Waals surface area (Å²) in [5.74, 6) is -3.97. The largest absolute Gasteiger partial charge is 0.478 e. The predicted octanol–water partition coefficient (Wildman–Crippen LogP) is 2.96. The van der Waals surface area contributed by atoms with Crippen LogP contribution in [0.5, 0.6) is 0 Å². The molecule has 0 saturated heterocycles. The van der Waals surface area contributed by atoms with Crippen molar-refractivity contribution in [3.05, 3.63) is 51.4 Å². The van der Waals surface area contributed by atoms with Crippen molar-refractivity contribution in [3.8, 4) is 0 Å². The first-order valence-corrected chi connectivity index (χ1v) is 8.01. The Morgan fingerprint density at radius 2 is 2.04 bits per heavy atom. The maximum atomic E-state index is 13.3. The van der Waals surface area contributed by atoms with E-state index in [2.05, 4.69) is 10.2 Å². The Labute approximate surface area is 140 Å². The summed E-state index contributed by atoms with van der Waals surface area (Å²) in [5, 5.41) is 12.2. The molecule has 5 nitrogen and oxygen atoms in total. The highest BCUT2D eigenvalue weighted by Crippen LogP contribution is 2.37. The normalized spacial score (nSPS) is 14.3. The van der Waals surface area contributed by atoms with E-state index in [9.17, 15) is 23.5 Å². The maximum Gasteiger partial charge on any atom is 0.339 e. The number of nitrogens with zero attached hydrogens (tertiary/aromatic N) is 1. The Bertz CT molecular complexity index is 835. The second-order valence-electron chi connectivity index (χ2n) is 5.58. The van der Waals surface area contributed by atoms with Crippen molar-refractivity contribution < 1.29 is 23.5 Å². The average Bonchev–Trinajstić information content (AvgIpc) is 2.86. The van der Waals surface area contributed by atoms with Gasteiger partial charge in [0.1, 0.15) is 5.00 Å². The van der Waals surface area contributed by atoms with E-state index < -0.39 is 23.5 Å². The van der Waals surface area contributed by atoms with Crippen molar-refractivity contribution in [1.82, 2.24) is 4.90 Å². The van der Waals surface area contributed by atoms with Crippen LogP contribution in [0.2, 0.25) is 0 Å². The van der Waals surface area contributed by atoms with Crippen molar-refractivity contribution in [2.75, 3.05) is 18.9 Å². The second kappa shape index (κ2) is 6.29. The number of rotatable bonds is 3. The lowest BCUT2D eigenvalue weighted by Crippen LogP contribution is -2.26. The average molecular weight is 352 g/mol. The molecule has 0 unspecified atom stereocenters. The standard InChI is InChI=1S/C16H14F2N2O3S/c1-20-5-4-9-12(7-20)24-15(13(9)16(22)23)19-14(21)8-2-3-10(17)11(18)6-8/h2-3,6H,4-5,7H2,1H3,(H,19,21)(H,22,23). The van der Waals surface area contributed by atoms with Gasteiger partial charge in [0.2, 0.25) is 0 Å². The van der Waals surface area contributed by atoms with Gasteiger partial charge >= 0.3 is 5.97 Å². The van der Waals surface area contributed by atoms with E-state index in [1.165, 1.54) is 11.3 Å². The van der Waals surface area contributed by atoms with E-state index in [1.54, 1.807) is 0 Å². The highest BCUT2D eigenvalue weighted by Gasteiger charge is 2.27. The molecule has 1 aromatic heterocycles. The molecule has 0 saturated carbocycles. The molecule has 2 aromatic rings. The molecule has 24 heavy (non-hydrogen) atoms. The molecular formula is C16H14F2N2O3S. The summed E-state index contributed by atoms with van der Waals surface area (Å²) >= 11 is 1.20. The highest BCUT2D eigenvalue weighted by molar-refractivity contribution is 7.17. The summed E-state index contributed by atoms with van der Waals surface area (Å²) in [6, 6.07) is 2.79. The summed E-state index contributed by atoms with van der Waals surface area (Å²) < 4.78 is 26.2. The van der Waals surface area contributed by atoms with Crippen LogP contribution >= 0.6 is 11.3 Å². The molecular weight excluding hydrogens is 338 g/mol. The molecule has 2 heterocycles. The highest BCUT2D eigenvalue weighted by atomic mass is 32.1. The number of carboxylic acids is 1. The molecule has 126 valence electrons. The van der Waals surface area contributed by atoms with E-state index in [0.29, 0.717) is 13.0 Å². The van der Waals surface area contributed by atoms with Crippen LogP contribution in [0, 0.1) is 11.6 Å². The predicted molar refractivity (Wildman–Crippen MR) is 85.6 cm³/mol. The Hall–Kier alpha value is -2.32. The molecule has 0 bridgehead atoms.